The van der Waals surface area contributed by atoms with Gasteiger partial charge in [-0.25, -0.2) is 4.39 Å². The fraction of sp³-hybridized carbons (Fsp3) is 0.250. The monoisotopic (exact) mass is 459 g/mol. The molecule has 2 N–H and O–H groups in total. The lowest BCUT2D eigenvalue weighted by molar-refractivity contribution is -0.148. The molecule has 0 saturated heterocycles. The zero-order chi connectivity index (χ0) is 24.3. The van der Waals surface area contributed by atoms with Crippen LogP contribution in [0.5, 0.6) is 0 Å². The number of aryl methyl sites for hydroxylation is 1. The van der Waals surface area contributed by atoms with Gasteiger partial charge in [-0.05, 0) is 66.8 Å². The number of carbonyl (C=O) groups is 3. The number of Topliss-reactive ketones (excluding diaryl/α,β-unsaturated/α-hetero) is 1. The van der Waals surface area contributed by atoms with Crippen LogP contribution in [0.4, 0.5) is 10.1 Å². The van der Waals surface area contributed by atoms with E-state index < -0.39 is 11.4 Å². The Morgan fingerprint density at radius 2 is 1.44 bits per heavy atom. The molecule has 0 unspecified atom stereocenters. The summed E-state index contributed by atoms with van der Waals surface area (Å²) in [6, 6.07) is 18.6. The van der Waals surface area contributed by atoms with Crippen molar-refractivity contribution in [3.8, 4) is 11.1 Å². The lowest BCUT2D eigenvalue weighted by atomic mass is 9.80. The lowest BCUT2D eigenvalue weighted by Crippen LogP contribution is -2.30. The second-order valence-electron chi connectivity index (χ2n) is 8.97. The SMILES string of the molecule is Cc1cc(C(=O)Nc2ccc(-c3ccc(C(=O)CC4(C(=O)O)CCCC4)cc3)cc2)ccc1F. The number of hydrogen-bond donors (Lipinski definition) is 2. The number of halogens is 1. The summed E-state index contributed by atoms with van der Waals surface area (Å²) in [4.78, 5) is 36.9. The number of carboxylic acid groups (broad SMARTS) is 1. The van der Waals surface area contributed by atoms with E-state index in [1.807, 2.05) is 24.3 Å². The summed E-state index contributed by atoms with van der Waals surface area (Å²) in [6.45, 7) is 1.61. The van der Waals surface area contributed by atoms with Crippen LogP contribution in [-0.2, 0) is 4.79 Å². The third-order valence-electron chi connectivity index (χ3n) is 6.62. The minimum Gasteiger partial charge on any atom is -0.481 e. The van der Waals surface area contributed by atoms with Crippen LogP contribution in [0.25, 0.3) is 11.1 Å². The van der Waals surface area contributed by atoms with Crippen molar-refractivity contribution in [2.24, 2.45) is 5.41 Å². The molecular weight excluding hydrogens is 433 g/mol. The Hall–Kier alpha value is -3.80. The van der Waals surface area contributed by atoms with Crippen molar-refractivity contribution in [3.05, 3.63) is 89.2 Å². The van der Waals surface area contributed by atoms with E-state index in [-0.39, 0.29) is 23.9 Å². The molecule has 34 heavy (non-hydrogen) atoms. The number of carbonyl (C=O) groups excluding carboxylic acids is 2. The van der Waals surface area contributed by atoms with Crippen molar-refractivity contribution in [2.75, 3.05) is 5.32 Å². The standard InChI is InChI=1S/C28H26FNO4/c1-18-16-22(10-13-24(18)29)26(32)30-23-11-8-20(9-12-23)19-4-6-21(7-5-19)25(31)17-28(27(33)34)14-2-3-15-28/h4-13,16H,2-3,14-15,17H2,1H3,(H,30,32)(H,33,34). The van der Waals surface area contributed by atoms with E-state index in [0.717, 1.165) is 24.0 Å². The highest BCUT2D eigenvalue weighted by Crippen LogP contribution is 2.42. The number of carboxylic acids is 1. The summed E-state index contributed by atoms with van der Waals surface area (Å²) >= 11 is 0. The third-order valence-corrected chi connectivity index (χ3v) is 6.62. The average Bonchev–Trinajstić information content (AvgIpc) is 3.31. The van der Waals surface area contributed by atoms with Gasteiger partial charge in [0, 0.05) is 23.2 Å². The Morgan fingerprint density at radius 1 is 0.882 bits per heavy atom. The first-order chi connectivity index (χ1) is 16.3. The number of hydrogen-bond acceptors (Lipinski definition) is 3. The van der Waals surface area contributed by atoms with Gasteiger partial charge in [0.2, 0.25) is 0 Å². The average molecular weight is 460 g/mol. The predicted molar refractivity (Wildman–Crippen MR) is 128 cm³/mol. The number of ketones is 1. The quantitative estimate of drug-likeness (QED) is 0.408. The van der Waals surface area contributed by atoms with Crippen molar-refractivity contribution in [1.29, 1.82) is 0 Å². The van der Waals surface area contributed by atoms with Gasteiger partial charge in [-0.1, -0.05) is 49.2 Å². The molecule has 1 saturated carbocycles. The van der Waals surface area contributed by atoms with Crippen LogP contribution in [0, 0.1) is 18.2 Å². The maximum Gasteiger partial charge on any atom is 0.310 e. The molecule has 1 aliphatic carbocycles. The molecule has 0 heterocycles. The maximum atomic E-state index is 13.4. The molecule has 6 heteroatoms. The van der Waals surface area contributed by atoms with E-state index in [9.17, 15) is 23.9 Å². The largest absolute Gasteiger partial charge is 0.481 e. The molecule has 0 bridgehead atoms. The number of rotatable bonds is 7. The van der Waals surface area contributed by atoms with Gasteiger partial charge in [0.15, 0.2) is 5.78 Å². The zero-order valence-corrected chi connectivity index (χ0v) is 18.9. The van der Waals surface area contributed by atoms with E-state index in [1.54, 1.807) is 31.2 Å². The Bertz CT molecular complexity index is 1230. The van der Waals surface area contributed by atoms with Crippen LogP contribution in [0.1, 0.15) is 58.4 Å². The van der Waals surface area contributed by atoms with Crippen LogP contribution in [-0.4, -0.2) is 22.8 Å². The molecule has 1 fully saturated rings. The molecule has 0 spiro atoms. The smallest absolute Gasteiger partial charge is 0.310 e. The van der Waals surface area contributed by atoms with Crippen LogP contribution in [0.15, 0.2) is 66.7 Å². The summed E-state index contributed by atoms with van der Waals surface area (Å²) in [6.07, 6.45) is 2.83. The first-order valence-electron chi connectivity index (χ1n) is 11.3. The molecule has 0 radical (unpaired) electrons. The van der Waals surface area contributed by atoms with Crippen LogP contribution < -0.4 is 5.32 Å². The highest BCUT2D eigenvalue weighted by molar-refractivity contribution is 6.04. The van der Waals surface area contributed by atoms with Gasteiger partial charge in [-0.2, -0.15) is 0 Å². The number of aliphatic carboxylic acids is 1. The van der Waals surface area contributed by atoms with Gasteiger partial charge in [0.1, 0.15) is 5.82 Å². The van der Waals surface area contributed by atoms with Crippen molar-refractivity contribution >= 4 is 23.3 Å². The Kier molecular flexibility index (Phi) is 6.59. The van der Waals surface area contributed by atoms with Crippen molar-refractivity contribution in [3.63, 3.8) is 0 Å². The number of anilines is 1. The van der Waals surface area contributed by atoms with Gasteiger partial charge >= 0.3 is 5.97 Å². The summed E-state index contributed by atoms with van der Waals surface area (Å²) in [5.74, 6) is -1.70. The lowest BCUT2D eigenvalue weighted by Gasteiger charge is -2.22. The van der Waals surface area contributed by atoms with Crippen LogP contribution in [0.3, 0.4) is 0 Å². The number of amides is 1. The number of benzene rings is 3. The highest BCUT2D eigenvalue weighted by atomic mass is 19.1. The van der Waals surface area contributed by atoms with Crippen molar-refractivity contribution in [1.82, 2.24) is 0 Å². The van der Waals surface area contributed by atoms with Gasteiger partial charge in [0.25, 0.3) is 5.91 Å². The zero-order valence-electron chi connectivity index (χ0n) is 18.9. The van der Waals surface area contributed by atoms with Gasteiger partial charge < -0.3 is 10.4 Å². The van der Waals surface area contributed by atoms with Crippen LogP contribution >= 0.6 is 0 Å². The molecule has 3 aromatic carbocycles. The molecule has 3 aromatic rings. The fourth-order valence-electron chi connectivity index (χ4n) is 4.51. The van der Waals surface area contributed by atoms with Gasteiger partial charge in [0.05, 0.1) is 5.41 Å². The molecule has 0 aliphatic heterocycles. The molecule has 174 valence electrons. The molecule has 1 aliphatic rings. The molecule has 0 aromatic heterocycles. The normalized spacial score (nSPS) is 14.5. The van der Waals surface area contributed by atoms with E-state index >= 15 is 0 Å². The Morgan fingerprint density at radius 3 is 2.00 bits per heavy atom. The summed E-state index contributed by atoms with van der Waals surface area (Å²) in [5.41, 5.74) is 2.79. The van der Waals surface area contributed by atoms with E-state index in [1.165, 1.54) is 18.2 Å². The van der Waals surface area contributed by atoms with E-state index in [0.29, 0.717) is 35.2 Å². The minimum absolute atomic E-state index is 0.0314. The maximum absolute atomic E-state index is 13.4. The predicted octanol–water partition coefficient (Wildman–Crippen LogP) is 6.27. The van der Waals surface area contributed by atoms with E-state index in [2.05, 4.69) is 5.32 Å². The molecule has 4 rings (SSSR count). The topological polar surface area (TPSA) is 83.5 Å². The molecule has 5 nitrogen and oxygen atoms in total. The van der Waals surface area contributed by atoms with E-state index in [4.69, 9.17) is 0 Å². The Labute approximate surface area is 197 Å². The molecule has 0 atom stereocenters. The minimum atomic E-state index is -0.928. The highest BCUT2D eigenvalue weighted by Gasteiger charge is 2.42. The second-order valence-corrected chi connectivity index (χ2v) is 8.97. The first kappa shape index (κ1) is 23.4. The van der Waals surface area contributed by atoms with Crippen molar-refractivity contribution in [2.45, 2.75) is 39.0 Å². The number of nitrogens with one attached hydrogen (secondary N) is 1. The van der Waals surface area contributed by atoms with Crippen LogP contribution in [0.2, 0.25) is 0 Å². The summed E-state index contributed by atoms with van der Waals surface area (Å²) < 4.78 is 13.4. The summed E-state index contributed by atoms with van der Waals surface area (Å²) in [7, 11) is 0. The van der Waals surface area contributed by atoms with Gasteiger partial charge in [-0.3, -0.25) is 14.4 Å². The summed E-state index contributed by atoms with van der Waals surface area (Å²) in [5, 5.41) is 12.4. The molecular formula is C28H26FNO4. The molecule has 1 amide bonds. The fourth-order valence-corrected chi connectivity index (χ4v) is 4.51. The third kappa shape index (κ3) is 4.91. The second kappa shape index (κ2) is 9.59. The van der Waals surface area contributed by atoms with Crippen molar-refractivity contribution < 1.29 is 23.9 Å². The van der Waals surface area contributed by atoms with Gasteiger partial charge in [-0.15, -0.1) is 0 Å². The Balaban J connectivity index is 1.42. The first-order valence-corrected chi connectivity index (χ1v) is 11.3.